The van der Waals surface area contributed by atoms with Crippen molar-refractivity contribution in [2.75, 3.05) is 13.1 Å². The summed E-state index contributed by atoms with van der Waals surface area (Å²) in [5, 5.41) is 3.67. The molecule has 2 heteroatoms. The fraction of sp³-hybridized carbons (Fsp3) is 0.280. The van der Waals surface area contributed by atoms with Crippen LogP contribution < -0.4 is 5.32 Å². The molecule has 0 spiro atoms. The highest BCUT2D eigenvalue weighted by Gasteiger charge is 2.30. The van der Waals surface area contributed by atoms with E-state index >= 15 is 0 Å². The second-order valence-electron chi connectivity index (χ2n) is 7.47. The number of hydrogen-bond donors (Lipinski definition) is 1. The van der Waals surface area contributed by atoms with Crippen LogP contribution in [0, 0.1) is 11.7 Å². The third-order valence-electron chi connectivity index (χ3n) is 5.69. The number of halogens is 1. The van der Waals surface area contributed by atoms with Gasteiger partial charge in [0.1, 0.15) is 5.82 Å². The summed E-state index contributed by atoms with van der Waals surface area (Å²) in [5.41, 5.74) is 5.17. The van der Waals surface area contributed by atoms with Gasteiger partial charge in [0.15, 0.2) is 0 Å². The van der Waals surface area contributed by atoms with Gasteiger partial charge < -0.3 is 5.32 Å². The van der Waals surface area contributed by atoms with E-state index < -0.39 is 0 Å². The lowest BCUT2D eigenvalue weighted by atomic mass is 9.72. The fourth-order valence-electron chi connectivity index (χ4n) is 4.35. The molecule has 0 heterocycles. The lowest BCUT2D eigenvalue weighted by Gasteiger charge is -2.34. The van der Waals surface area contributed by atoms with E-state index in [9.17, 15) is 4.39 Å². The number of fused-ring (bicyclic) bond motifs is 1. The highest BCUT2D eigenvalue weighted by Crippen LogP contribution is 2.40. The molecule has 0 aromatic heterocycles. The van der Waals surface area contributed by atoms with E-state index in [1.54, 1.807) is 12.1 Å². The molecule has 4 rings (SSSR count). The Morgan fingerprint density at radius 2 is 1.63 bits per heavy atom. The Bertz CT molecular complexity index is 860. The van der Waals surface area contributed by atoms with Crippen LogP contribution >= 0.6 is 0 Å². The second-order valence-corrected chi connectivity index (χ2v) is 7.47. The maximum absolute atomic E-state index is 13.7. The SMILES string of the molecule is Fc1ccc2c(c1)CCC(CNCCc1ccccc1)C2c1ccccc1. The number of rotatable bonds is 6. The summed E-state index contributed by atoms with van der Waals surface area (Å²) in [6.07, 6.45) is 3.10. The molecule has 27 heavy (non-hydrogen) atoms. The molecule has 0 saturated carbocycles. The highest BCUT2D eigenvalue weighted by molar-refractivity contribution is 5.41. The fourth-order valence-corrected chi connectivity index (χ4v) is 4.35. The van der Waals surface area contributed by atoms with Crippen molar-refractivity contribution in [3.63, 3.8) is 0 Å². The van der Waals surface area contributed by atoms with E-state index in [1.165, 1.54) is 22.3 Å². The lowest BCUT2D eigenvalue weighted by molar-refractivity contribution is 0.384. The van der Waals surface area contributed by atoms with E-state index in [4.69, 9.17) is 0 Å². The molecule has 0 amide bonds. The number of benzene rings is 3. The summed E-state index contributed by atoms with van der Waals surface area (Å²) >= 11 is 0. The Kier molecular flexibility index (Phi) is 5.64. The molecule has 0 bridgehead atoms. The van der Waals surface area contributed by atoms with Gasteiger partial charge >= 0.3 is 0 Å². The van der Waals surface area contributed by atoms with Crippen molar-refractivity contribution < 1.29 is 4.39 Å². The summed E-state index contributed by atoms with van der Waals surface area (Å²) in [6, 6.07) is 26.6. The smallest absolute Gasteiger partial charge is 0.123 e. The van der Waals surface area contributed by atoms with Crippen molar-refractivity contribution in [1.82, 2.24) is 5.32 Å². The number of hydrogen-bond acceptors (Lipinski definition) is 1. The normalized spacial score (nSPS) is 18.9. The Morgan fingerprint density at radius 3 is 2.41 bits per heavy atom. The van der Waals surface area contributed by atoms with Crippen molar-refractivity contribution in [3.05, 3.63) is 107 Å². The first-order chi connectivity index (χ1) is 13.3. The van der Waals surface area contributed by atoms with Crippen LogP contribution in [-0.2, 0) is 12.8 Å². The predicted octanol–water partition coefficient (Wildman–Crippen LogP) is 5.35. The summed E-state index contributed by atoms with van der Waals surface area (Å²) in [4.78, 5) is 0. The van der Waals surface area contributed by atoms with Crippen LogP contribution in [0.5, 0.6) is 0 Å². The van der Waals surface area contributed by atoms with Crippen molar-refractivity contribution in [3.8, 4) is 0 Å². The van der Waals surface area contributed by atoms with E-state index in [-0.39, 0.29) is 5.82 Å². The zero-order valence-electron chi connectivity index (χ0n) is 15.6. The van der Waals surface area contributed by atoms with Gasteiger partial charge in [-0.15, -0.1) is 0 Å². The molecule has 3 aromatic rings. The maximum Gasteiger partial charge on any atom is 0.123 e. The predicted molar refractivity (Wildman–Crippen MR) is 110 cm³/mol. The Labute approximate surface area is 161 Å². The largest absolute Gasteiger partial charge is 0.316 e. The standard InChI is InChI=1S/C25H26FN/c26-23-13-14-24-21(17-23)11-12-22(25(24)20-9-5-2-6-10-20)18-27-16-15-19-7-3-1-4-8-19/h1-10,13-14,17,22,25,27H,11-12,15-16,18H2. The van der Waals surface area contributed by atoms with Gasteiger partial charge in [-0.2, -0.15) is 0 Å². The van der Waals surface area contributed by atoms with E-state index in [1.807, 2.05) is 6.07 Å². The molecule has 2 unspecified atom stereocenters. The van der Waals surface area contributed by atoms with Gasteiger partial charge in [0, 0.05) is 5.92 Å². The van der Waals surface area contributed by atoms with Crippen LogP contribution in [0.4, 0.5) is 4.39 Å². The molecule has 1 nitrogen and oxygen atoms in total. The van der Waals surface area contributed by atoms with Gasteiger partial charge in [-0.3, -0.25) is 0 Å². The van der Waals surface area contributed by atoms with Crippen molar-refractivity contribution in [1.29, 1.82) is 0 Å². The van der Waals surface area contributed by atoms with Crippen molar-refractivity contribution in [2.45, 2.75) is 25.2 Å². The minimum Gasteiger partial charge on any atom is -0.316 e. The van der Waals surface area contributed by atoms with Gasteiger partial charge in [-0.25, -0.2) is 4.39 Å². The molecule has 1 aliphatic rings. The first-order valence-corrected chi connectivity index (χ1v) is 9.89. The van der Waals surface area contributed by atoms with Crippen LogP contribution in [0.25, 0.3) is 0 Å². The molecule has 0 saturated heterocycles. The third kappa shape index (κ3) is 4.28. The van der Waals surface area contributed by atoms with Gasteiger partial charge in [0.2, 0.25) is 0 Å². The molecular formula is C25H26FN. The first-order valence-electron chi connectivity index (χ1n) is 9.89. The monoisotopic (exact) mass is 359 g/mol. The molecule has 1 N–H and O–H groups in total. The quantitative estimate of drug-likeness (QED) is 0.585. The molecule has 0 radical (unpaired) electrons. The van der Waals surface area contributed by atoms with Crippen LogP contribution in [0.15, 0.2) is 78.9 Å². The molecule has 1 aliphatic carbocycles. The van der Waals surface area contributed by atoms with E-state index in [0.717, 1.165) is 32.4 Å². The average Bonchev–Trinajstić information content (AvgIpc) is 2.72. The number of nitrogens with one attached hydrogen (secondary N) is 1. The minimum absolute atomic E-state index is 0.125. The molecular weight excluding hydrogens is 333 g/mol. The summed E-state index contributed by atoms with van der Waals surface area (Å²) in [5.74, 6) is 0.737. The highest BCUT2D eigenvalue weighted by atomic mass is 19.1. The van der Waals surface area contributed by atoms with E-state index in [2.05, 4.69) is 66.0 Å². The first kappa shape index (κ1) is 17.9. The van der Waals surface area contributed by atoms with Gasteiger partial charge in [-0.1, -0.05) is 66.7 Å². The molecule has 0 aliphatic heterocycles. The van der Waals surface area contributed by atoms with Crippen LogP contribution in [0.2, 0.25) is 0 Å². The molecule has 138 valence electrons. The van der Waals surface area contributed by atoms with Crippen LogP contribution in [-0.4, -0.2) is 13.1 Å². The summed E-state index contributed by atoms with van der Waals surface area (Å²) in [6.45, 7) is 1.97. The maximum atomic E-state index is 13.7. The van der Waals surface area contributed by atoms with E-state index in [0.29, 0.717) is 11.8 Å². The van der Waals surface area contributed by atoms with Gasteiger partial charge in [-0.05, 0) is 72.7 Å². The summed E-state index contributed by atoms with van der Waals surface area (Å²) in [7, 11) is 0. The molecule has 0 fully saturated rings. The van der Waals surface area contributed by atoms with Gasteiger partial charge in [0.05, 0.1) is 0 Å². The van der Waals surface area contributed by atoms with Gasteiger partial charge in [0.25, 0.3) is 0 Å². The summed E-state index contributed by atoms with van der Waals surface area (Å²) < 4.78 is 13.7. The minimum atomic E-state index is -0.125. The molecule has 3 aromatic carbocycles. The molecule has 2 atom stereocenters. The topological polar surface area (TPSA) is 12.0 Å². The van der Waals surface area contributed by atoms with Crippen molar-refractivity contribution >= 4 is 0 Å². The average molecular weight is 359 g/mol. The second kappa shape index (κ2) is 8.49. The van der Waals surface area contributed by atoms with Crippen molar-refractivity contribution in [2.24, 2.45) is 5.92 Å². The Morgan fingerprint density at radius 1 is 0.889 bits per heavy atom. The number of aryl methyl sites for hydroxylation is 1. The zero-order valence-corrected chi connectivity index (χ0v) is 15.6. The third-order valence-corrected chi connectivity index (χ3v) is 5.69. The van der Waals surface area contributed by atoms with Crippen LogP contribution in [0.3, 0.4) is 0 Å². The Hall–Kier alpha value is -2.45. The Balaban J connectivity index is 1.48. The zero-order chi connectivity index (χ0) is 18.5. The lowest BCUT2D eigenvalue weighted by Crippen LogP contribution is -2.32. The van der Waals surface area contributed by atoms with Crippen LogP contribution in [0.1, 0.15) is 34.6 Å².